The van der Waals surface area contributed by atoms with Gasteiger partial charge in [-0.05, 0) is 25.3 Å². The molecule has 22 heavy (non-hydrogen) atoms. The van der Waals surface area contributed by atoms with Gasteiger partial charge in [-0.25, -0.2) is 0 Å². The molecule has 0 spiro atoms. The third-order valence-electron chi connectivity index (χ3n) is 4.37. The Morgan fingerprint density at radius 1 is 1.23 bits per heavy atom. The monoisotopic (exact) mass is 302 g/mol. The molecule has 1 atom stereocenters. The van der Waals surface area contributed by atoms with Crippen molar-refractivity contribution in [2.45, 2.75) is 64.6 Å². The average Bonchev–Trinajstić information content (AvgIpc) is 3.05. The van der Waals surface area contributed by atoms with Crippen molar-refractivity contribution in [3.05, 3.63) is 35.9 Å². The lowest BCUT2D eigenvalue weighted by atomic mass is 10.1. The molecule has 0 radical (unpaired) electrons. The Kier molecular flexibility index (Phi) is 5.99. The zero-order valence-corrected chi connectivity index (χ0v) is 13.5. The number of hydrogen-bond donors (Lipinski definition) is 1. The highest BCUT2D eigenvalue weighted by Gasteiger charge is 2.27. The summed E-state index contributed by atoms with van der Waals surface area (Å²) in [6.45, 7) is 4.13. The standard InChI is InChI=1S/C18H26N2O2/c1-3-17(21)20(13-15-9-5-4-6-10-15)14(2)18(22)19-16-11-7-8-12-16/h4-6,9-10,14,16H,3,7-8,11-13H2,1-2H3,(H,19,22)/t14-/m1/s1. The Hall–Kier alpha value is -1.84. The quantitative estimate of drug-likeness (QED) is 0.878. The van der Waals surface area contributed by atoms with Crippen molar-refractivity contribution < 1.29 is 9.59 Å². The predicted molar refractivity (Wildman–Crippen MR) is 87.1 cm³/mol. The molecule has 0 bridgehead atoms. The molecule has 4 nitrogen and oxygen atoms in total. The van der Waals surface area contributed by atoms with Crippen molar-refractivity contribution in [1.82, 2.24) is 10.2 Å². The predicted octanol–water partition coefficient (Wildman–Crippen LogP) is 2.87. The van der Waals surface area contributed by atoms with Gasteiger partial charge in [0.25, 0.3) is 0 Å². The van der Waals surface area contributed by atoms with Gasteiger partial charge in [-0.1, -0.05) is 50.1 Å². The van der Waals surface area contributed by atoms with E-state index in [1.165, 1.54) is 12.8 Å². The molecule has 1 saturated carbocycles. The van der Waals surface area contributed by atoms with Crippen LogP contribution >= 0.6 is 0 Å². The Labute approximate surface area is 132 Å². The van der Waals surface area contributed by atoms with Gasteiger partial charge in [-0.15, -0.1) is 0 Å². The van der Waals surface area contributed by atoms with Crippen molar-refractivity contribution in [2.24, 2.45) is 0 Å². The minimum Gasteiger partial charge on any atom is -0.352 e. The number of hydrogen-bond acceptors (Lipinski definition) is 2. The molecule has 1 aromatic carbocycles. The summed E-state index contributed by atoms with van der Waals surface area (Å²) in [6.07, 6.45) is 4.88. The molecular weight excluding hydrogens is 276 g/mol. The fourth-order valence-corrected chi connectivity index (χ4v) is 2.96. The second-order valence-corrected chi connectivity index (χ2v) is 6.03. The highest BCUT2D eigenvalue weighted by molar-refractivity contribution is 5.87. The van der Waals surface area contributed by atoms with Crippen LogP contribution in [-0.2, 0) is 16.1 Å². The van der Waals surface area contributed by atoms with Crippen molar-refractivity contribution in [1.29, 1.82) is 0 Å². The zero-order chi connectivity index (χ0) is 15.9. The average molecular weight is 302 g/mol. The van der Waals surface area contributed by atoms with Crippen LogP contribution in [0.1, 0.15) is 51.5 Å². The van der Waals surface area contributed by atoms with E-state index in [9.17, 15) is 9.59 Å². The highest BCUT2D eigenvalue weighted by atomic mass is 16.2. The molecule has 120 valence electrons. The third kappa shape index (κ3) is 4.33. The van der Waals surface area contributed by atoms with Crippen molar-refractivity contribution in [3.8, 4) is 0 Å². The molecule has 2 amide bonds. The minimum absolute atomic E-state index is 0.0120. The van der Waals surface area contributed by atoms with E-state index < -0.39 is 6.04 Å². The van der Waals surface area contributed by atoms with E-state index in [0.29, 0.717) is 13.0 Å². The van der Waals surface area contributed by atoms with Gasteiger partial charge in [0, 0.05) is 19.0 Å². The number of amides is 2. The SMILES string of the molecule is CCC(=O)N(Cc1ccccc1)[C@H](C)C(=O)NC1CCCC1. The summed E-state index contributed by atoms with van der Waals surface area (Å²) in [6, 6.07) is 9.67. The fraction of sp³-hybridized carbons (Fsp3) is 0.556. The summed E-state index contributed by atoms with van der Waals surface area (Å²) in [5, 5.41) is 3.09. The Morgan fingerprint density at radius 3 is 2.45 bits per heavy atom. The van der Waals surface area contributed by atoms with Crippen LogP contribution in [0.25, 0.3) is 0 Å². The van der Waals surface area contributed by atoms with Crippen molar-refractivity contribution in [2.75, 3.05) is 0 Å². The van der Waals surface area contributed by atoms with Gasteiger partial charge in [0.2, 0.25) is 11.8 Å². The van der Waals surface area contributed by atoms with Crippen molar-refractivity contribution in [3.63, 3.8) is 0 Å². The smallest absolute Gasteiger partial charge is 0.242 e. The van der Waals surface area contributed by atoms with Crippen LogP contribution in [0.5, 0.6) is 0 Å². The first-order valence-electron chi connectivity index (χ1n) is 8.25. The molecule has 0 unspecified atom stereocenters. The second kappa shape index (κ2) is 7.97. The van der Waals surface area contributed by atoms with Crippen LogP contribution < -0.4 is 5.32 Å². The Morgan fingerprint density at radius 2 is 1.86 bits per heavy atom. The molecule has 1 aliphatic rings. The number of benzene rings is 1. The number of carbonyl (C=O) groups excluding carboxylic acids is 2. The van der Waals surface area contributed by atoms with Gasteiger partial charge in [-0.2, -0.15) is 0 Å². The van der Waals surface area contributed by atoms with E-state index in [4.69, 9.17) is 0 Å². The van der Waals surface area contributed by atoms with E-state index in [1.54, 1.807) is 4.90 Å². The normalized spacial score (nSPS) is 16.3. The highest BCUT2D eigenvalue weighted by Crippen LogP contribution is 2.18. The maximum atomic E-state index is 12.4. The van der Waals surface area contributed by atoms with Crippen molar-refractivity contribution >= 4 is 11.8 Å². The molecule has 1 fully saturated rings. The number of rotatable bonds is 6. The molecular formula is C18H26N2O2. The molecule has 0 aliphatic heterocycles. The van der Waals surface area contributed by atoms with E-state index in [2.05, 4.69) is 5.32 Å². The molecule has 0 saturated heterocycles. The van der Waals surface area contributed by atoms with Crippen LogP contribution in [0, 0.1) is 0 Å². The largest absolute Gasteiger partial charge is 0.352 e. The molecule has 1 aliphatic carbocycles. The summed E-state index contributed by atoms with van der Waals surface area (Å²) in [4.78, 5) is 26.4. The van der Waals surface area contributed by atoms with Gasteiger partial charge in [0.05, 0.1) is 0 Å². The first-order valence-corrected chi connectivity index (χ1v) is 8.25. The van der Waals surface area contributed by atoms with Crippen LogP contribution in [0.4, 0.5) is 0 Å². The number of nitrogens with zero attached hydrogens (tertiary/aromatic N) is 1. The Balaban J connectivity index is 2.03. The van der Waals surface area contributed by atoms with E-state index in [-0.39, 0.29) is 17.9 Å². The molecule has 2 rings (SSSR count). The first kappa shape index (κ1) is 16.5. The lowest BCUT2D eigenvalue weighted by Gasteiger charge is -2.29. The Bertz CT molecular complexity index is 495. The van der Waals surface area contributed by atoms with E-state index in [1.807, 2.05) is 44.2 Å². The van der Waals surface area contributed by atoms with Crippen LogP contribution in [0.2, 0.25) is 0 Å². The van der Waals surface area contributed by atoms with Crippen LogP contribution in [-0.4, -0.2) is 28.8 Å². The number of carbonyl (C=O) groups is 2. The second-order valence-electron chi connectivity index (χ2n) is 6.03. The topological polar surface area (TPSA) is 49.4 Å². The molecule has 1 N–H and O–H groups in total. The summed E-state index contributed by atoms with van der Waals surface area (Å²) in [7, 11) is 0. The van der Waals surface area contributed by atoms with Gasteiger partial charge >= 0.3 is 0 Å². The fourth-order valence-electron chi connectivity index (χ4n) is 2.96. The third-order valence-corrected chi connectivity index (χ3v) is 4.37. The molecule has 0 heterocycles. The summed E-state index contributed by atoms with van der Waals surface area (Å²) < 4.78 is 0. The number of nitrogens with one attached hydrogen (secondary N) is 1. The first-order chi connectivity index (χ1) is 10.6. The molecule has 0 aromatic heterocycles. The summed E-state index contributed by atoms with van der Waals surface area (Å²) >= 11 is 0. The van der Waals surface area contributed by atoms with E-state index in [0.717, 1.165) is 18.4 Å². The van der Waals surface area contributed by atoms with Crippen LogP contribution in [0.3, 0.4) is 0 Å². The summed E-state index contributed by atoms with van der Waals surface area (Å²) in [5.41, 5.74) is 1.05. The van der Waals surface area contributed by atoms with Gasteiger partial charge < -0.3 is 10.2 Å². The van der Waals surface area contributed by atoms with Gasteiger partial charge in [0.1, 0.15) is 6.04 Å². The molecule has 1 aromatic rings. The lowest BCUT2D eigenvalue weighted by Crippen LogP contribution is -2.49. The lowest BCUT2D eigenvalue weighted by molar-refractivity contribution is -0.140. The maximum Gasteiger partial charge on any atom is 0.242 e. The maximum absolute atomic E-state index is 12.4. The van der Waals surface area contributed by atoms with Gasteiger partial charge in [0.15, 0.2) is 0 Å². The molecule has 4 heteroatoms. The minimum atomic E-state index is -0.437. The van der Waals surface area contributed by atoms with Gasteiger partial charge in [-0.3, -0.25) is 9.59 Å². The van der Waals surface area contributed by atoms with E-state index >= 15 is 0 Å². The summed E-state index contributed by atoms with van der Waals surface area (Å²) in [5.74, 6) is -0.0254. The van der Waals surface area contributed by atoms with Crippen LogP contribution in [0.15, 0.2) is 30.3 Å². The zero-order valence-electron chi connectivity index (χ0n) is 13.5.